The van der Waals surface area contributed by atoms with Gasteiger partial charge in [-0.05, 0) is 36.6 Å². The molecule has 1 aliphatic heterocycles. The molecule has 5 rings (SSSR count). The second kappa shape index (κ2) is 10.1. The minimum absolute atomic E-state index is 0.0362. The predicted molar refractivity (Wildman–Crippen MR) is 142 cm³/mol. The van der Waals surface area contributed by atoms with Gasteiger partial charge in [-0.1, -0.05) is 54.7 Å². The zero-order valence-corrected chi connectivity index (χ0v) is 21.7. The maximum Gasteiger partial charge on any atom is 0.338 e. The Morgan fingerprint density at radius 3 is 2.66 bits per heavy atom. The lowest BCUT2D eigenvalue weighted by Gasteiger charge is -2.25. The molecular formula is C28H23N3O6S. The average Bonchev–Trinajstić information content (AvgIpc) is 3.52. The number of carbonyl (C=O) groups is 1. The number of furan rings is 1. The molecule has 0 saturated carbocycles. The van der Waals surface area contributed by atoms with Crippen molar-refractivity contribution in [2.75, 3.05) is 7.11 Å². The third-order valence-corrected chi connectivity index (χ3v) is 7.35. The summed E-state index contributed by atoms with van der Waals surface area (Å²) < 4.78 is 12.9. The van der Waals surface area contributed by atoms with Crippen LogP contribution in [0.15, 0.2) is 86.1 Å². The molecule has 0 bridgehead atoms. The summed E-state index contributed by atoms with van der Waals surface area (Å²) in [5.74, 6) is 0.334. The van der Waals surface area contributed by atoms with Gasteiger partial charge in [0.1, 0.15) is 11.5 Å². The monoisotopic (exact) mass is 529 g/mol. The Kier molecular flexibility index (Phi) is 6.64. The average molecular weight is 530 g/mol. The molecule has 192 valence electrons. The second-order valence-corrected chi connectivity index (χ2v) is 9.67. The van der Waals surface area contributed by atoms with E-state index >= 15 is 0 Å². The second-order valence-electron chi connectivity index (χ2n) is 8.66. The van der Waals surface area contributed by atoms with Gasteiger partial charge >= 0.3 is 5.97 Å². The molecule has 0 spiro atoms. The van der Waals surface area contributed by atoms with E-state index in [9.17, 15) is 19.7 Å². The van der Waals surface area contributed by atoms with Crippen LogP contribution in [-0.4, -0.2) is 22.6 Å². The van der Waals surface area contributed by atoms with Crippen LogP contribution in [0.3, 0.4) is 0 Å². The summed E-state index contributed by atoms with van der Waals surface area (Å²) in [4.78, 5) is 42.4. The fraction of sp³-hybridized carbons (Fsp3) is 0.179. The zero-order valence-electron chi connectivity index (χ0n) is 20.8. The van der Waals surface area contributed by atoms with Gasteiger partial charge in [0, 0.05) is 23.8 Å². The van der Waals surface area contributed by atoms with Crippen molar-refractivity contribution >= 4 is 29.1 Å². The lowest BCUT2D eigenvalue weighted by atomic mass is 9.95. The van der Waals surface area contributed by atoms with Crippen molar-refractivity contribution in [2.45, 2.75) is 26.3 Å². The number of nitro groups is 1. The Balaban J connectivity index is 1.65. The topological polar surface area (TPSA) is 117 Å². The Hall–Kier alpha value is -4.57. The highest BCUT2D eigenvalue weighted by Gasteiger charge is 2.33. The summed E-state index contributed by atoms with van der Waals surface area (Å²) in [6.45, 7) is 3.74. The largest absolute Gasteiger partial charge is 0.466 e. The van der Waals surface area contributed by atoms with E-state index in [1.807, 2.05) is 44.2 Å². The Morgan fingerprint density at radius 2 is 1.97 bits per heavy atom. The quantitative estimate of drug-likeness (QED) is 0.209. The van der Waals surface area contributed by atoms with Crippen LogP contribution in [0.5, 0.6) is 0 Å². The molecule has 38 heavy (non-hydrogen) atoms. The molecule has 0 radical (unpaired) electrons. The summed E-state index contributed by atoms with van der Waals surface area (Å²) in [6, 6.07) is 16.6. The van der Waals surface area contributed by atoms with E-state index in [0.717, 1.165) is 11.1 Å². The van der Waals surface area contributed by atoms with Crippen LogP contribution in [0, 0.1) is 17.0 Å². The van der Waals surface area contributed by atoms with Crippen molar-refractivity contribution in [3.05, 3.63) is 119 Å². The van der Waals surface area contributed by atoms with Crippen molar-refractivity contribution in [3.63, 3.8) is 0 Å². The molecule has 0 fully saturated rings. The normalized spacial score (nSPS) is 15.2. The highest BCUT2D eigenvalue weighted by molar-refractivity contribution is 7.07. The van der Waals surface area contributed by atoms with E-state index in [-0.39, 0.29) is 11.2 Å². The van der Waals surface area contributed by atoms with Gasteiger partial charge in [-0.25, -0.2) is 9.79 Å². The van der Waals surface area contributed by atoms with Gasteiger partial charge in [-0.3, -0.25) is 19.5 Å². The van der Waals surface area contributed by atoms with Crippen LogP contribution >= 0.6 is 11.3 Å². The minimum atomic E-state index is -0.684. The van der Waals surface area contributed by atoms with Crippen molar-refractivity contribution < 1.29 is 18.9 Å². The number of benzene rings is 2. The van der Waals surface area contributed by atoms with Crippen molar-refractivity contribution in [1.29, 1.82) is 0 Å². The van der Waals surface area contributed by atoms with Gasteiger partial charge in [0.2, 0.25) is 0 Å². The van der Waals surface area contributed by atoms with E-state index in [1.54, 1.807) is 24.3 Å². The van der Waals surface area contributed by atoms with E-state index in [0.29, 0.717) is 44.1 Å². The first-order chi connectivity index (χ1) is 18.3. The number of nitro benzene ring substituents is 1. The number of ether oxygens (including phenoxy) is 1. The number of hydrogen-bond donors (Lipinski definition) is 0. The number of thiazole rings is 1. The molecule has 3 heterocycles. The number of rotatable bonds is 6. The fourth-order valence-corrected chi connectivity index (χ4v) is 5.51. The lowest BCUT2D eigenvalue weighted by Crippen LogP contribution is -2.40. The number of nitrogens with zero attached hydrogens (tertiary/aromatic N) is 3. The van der Waals surface area contributed by atoms with E-state index in [4.69, 9.17) is 9.15 Å². The molecule has 0 amide bonds. The number of esters is 1. The van der Waals surface area contributed by atoms with E-state index in [2.05, 4.69) is 4.99 Å². The van der Waals surface area contributed by atoms with Gasteiger partial charge in [-0.15, -0.1) is 0 Å². The standard InChI is InChI=1S/C28H23N3O6S/c1-4-21-24(27(33)36-3)25(17-8-6-5-7-9-17)30-26(32)23(38-28(30)29-21)15-19-12-13-22(37-19)20-14-18(31(34)35)11-10-16(20)2/h5-15,25H,4H2,1-3H3/b23-15-/t25-/m1/s1. The van der Waals surface area contributed by atoms with Crippen LogP contribution in [0.4, 0.5) is 5.69 Å². The predicted octanol–water partition coefficient (Wildman–Crippen LogP) is 4.27. The molecule has 2 aromatic carbocycles. The number of hydrogen-bond acceptors (Lipinski definition) is 8. The summed E-state index contributed by atoms with van der Waals surface area (Å²) in [5, 5.41) is 11.2. The van der Waals surface area contributed by atoms with Crippen LogP contribution in [-0.2, 0) is 9.53 Å². The van der Waals surface area contributed by atoms with E-state index in [1.165, 1.54) is 35.1 Å². The van der Waals surface area contributed by atoms with Gasteiger partial charge in [0.15, 0.2) is 4.80 Å². The summed E-state index contributed by atoms with van der Waals surface area (Å²) in [6.07, 6.45) is 2.11. The first-order valence-electron chi connectivity index (χ1n) is 11.9. The van der Waals surface area contributed by atoms with Crippen molar-refractivity contribution in [1.82, 2.24) is 4.57 Å². The van der Waals surface area contributed by atoms with Gasteiger partial charge in [-0.2, -0.15) is 0 Å². The number of aromatic nitrogens is 1. The van der Waals surface area contributed by atoms with Crippen LogP contribution in [0.25, 0.3) is 17.4 Å². The maximum absolute atomic E-state index is 13.7. The highest BCUT2D eigenvalue weighted by atomic mass is 32.1. The van der Waals surface area contributed by atoms with Gasteiger partial charge < -0.3 is 9.15 Å². The van der Waals surface area contributed by atoms with Crippen LogP contribution in [0.2, 0.25) is 0 Å². The molecule has 1 atom stereocenters. The third kappa shape index (κ3) is 4.39. The lowest BCUT2D eigenvalue weighted by molar-refractivity contribution is -0.384. The fourth-order valence-electron chi connectivity index (χ4n) is 4.51. The molecule has 1 aliphatic rings. The van der Waals surface area contributed by atoms with E-state index < -0.39 is 16.9 Å². The summed E-state index contributed by atoms with van der Waals surface area (Å²) >= 11 is 1.20. The molecule has 2 aromatic heterocycles. The maximum atomic E-state index is 13.7. The first-order valence-corrected chi connectivity index (χ1v) is 12.7. The number of methoxy groups -OCH3 is 1. The number of allylic oxidation sites excluding steroid dienone is 1. The smallest absolute Gasteiger partial charge is 0.338 e. The molecule has 0 saturated heterocycles. The Bertz CT molecular complexity index is 1780. The van der Waals surface area contributed by atoms with Gasteiger partial charge in [0.05, 0.1) is 33.9 Å². The van der Waals surface area contributed by atoms with Gasteiger partial charge in [0.25, 0.3) is 11.2 Å². The Labute approximate surface area is 220 Å². The number of non-ortho nitro benzene ring substituents is 1. The van der Waals surface area contributed by atoms with Crippen molar-refractivity contribution in [3.8, 4) is 11.3 Å². The summed E-state index contributed by atoms with van der Waals surface area (Å²) in [7, 11) is 1.31. The SMILES string of the molecule is CCC1=C(C(=O)OC)[C@@H](c2ccccc2)n2c(s/c(=C\c3ccc(-c4cc([N+](=O)[O-])ccc4C)o3)c2=O)=N1. The van der Waals surface area contributed by atoms with Crippen LogP contribution in [0.1, 0.15) is 36.3 Å². The Morgan fingerprint density at radius 1 is 1.21 bits per heavy atom. The number of fused-ring (bicyclic) bond motifs is 1. The highest BCUT2D eigenvalue weighted by Crippen LogP contribution is 2.32. The summed E-state index contributed by atoms with van der Waals surface area (Å²) in [5.41, 5.74) is 2.74. The minimum Gasteiger partial charge on any atom is -0.466 e. The first kappa shape index (κ1) is 25.1. The number of aryl methyl sites for hydroxylation is 1. The molecule has 0 aliphatic carbocycles. The molecule has 10 heteroatoms. The van der Waals surface area contributed by atoms with Crippen LogP contribution < -0.4 is 14.9 Å². The molecule has 0 N–H and O–H groups in total. The molecule has 4 aromatic rings. The number of carbonyl (C=O) groups excluding carboxylic acids is 1. The van der Waals surface area contributed by atoms with Crippen molar-refractivity contribution in [2.24, 2.45) is 4.99 Å². The molecular weight excluding hydrogens is 506 g/mol. The zero-order chi connectivity index (χ0) is 27.0. The molecule has 9 nitrogen and oxygen atoms in total. The third-order valence-electron chi connectivity index (χ3n) is 6.36. The molecule has 0 unspecified atom stereocenters.